The number of hydrogen-bond acceptors (Lipinski definition) is 3. The summed E-state index contributed by atoms with van der Waals surface area (Å²) in [7, 11) is 0. The molecule has 2 rings (SSSR count). The van der Waals surface area contributed by atoms with E-state index in [1.165, 1.54) is 0 Å². The molecule has 5 heteroatoms. The van der Waals surface area contributed by atoms with Crippen molar-refractivity contribution in [3.63, 3.8) is 0 Å². The first-order chi connectivity index (χ1) is 10.0. The summed E-state index contributed by atoms with van der Waals surface area (Å²) in [6, 6.07) is 7.42. The lowest BCUT2D eigenvalue weighted by atomic mass is 9.85. The Kier molecular flexibility index (Phi) is 5.33. The van der Waals surface area contributed by atoms with Gasteiger partial charge in [0.05, 0.1) is 0 Å². The largest absolute Gasteiger partial charge is 0.352 e. The highest BCUT2D eigenvalue weighted by atomic mass is 16.2. The van der Waals surface area contributed by atoms with Gasteiger partial charge >= 0.3 is 0 Å². The van der Waals surface area contributed by atoms with Gasteiger partial charge in [-0.3, -0.25) is 9.59 Å². The summed E-state index contributed by atoms with van der Waals surface area (Å²) in [6.45, 7) is 2.24. The van der Waals surface area contributed by atoms with Crippen molar-refractivity contribution in [2.24, 2.45) is 11.7 Å². The molecule has 2 amide bonds. The first-order valence-electron chi connectivity index (χ1n) is 7.46. The van der Waals surface area contributed by atoms with E-state index in [0.717, 1.165) is 30.5 Å². The summed E-state index contributed by atoms with van der Waals surface area (Å²) >= 11 is 0. The van der Waals surface area contributed by atoms with E-state index >= 15 is 0 Å². The highest BCUT2D eigenvalue weighted by molar-refractivity contribution is 5.93. The highest BCUT2D eigenvalue weighted by Gasteiger charge is 2.25. The maximum Gasteiger partial charge on any atom is 0.227 e. The molecular weight excluding hydrogens is 266 g/mol. The molecule has 1 aromatic carbocycles. The van der Waals surface area contributed by atoms with Gasteiger partial charge in [0.15, 0.2) is 0 Å². The van der Waals surface area contributed by atoms with E-state index in [1.54, 1.807) is 6.92 Å². The van der Waals surface area contributed by atoms with E-state index in [1.807, 2.05) is 24.3 Å². The third-order valence-corrected chi connectivity index (χ3v) is 3.67. The normalized spacial score (nSPS) is 15.9. The van der Waals surface area contributed by atoms with Crippen LogP contribution in [0.2, 0.25) is 0 Å². The van der Waals surface area contributed by atoms with Crippen molar-refractivity contribution < 1.29 is 9.59 Å². The number of anilines is 1. The average Bonchev–Trinajstić information content (AvgIpc) is 2.33. The molecule has 0 spiro atoms. The minimum atomic E-state index is -0.141. The van der Waals surface area contributed by atoms with Gasteiger partial charge in [0, 0.05) is 30.6 Å². The zero-order chi connectivity index (χ0) is 15.2. The van der Waals surface area contributed by atoms with Crippen LogP contribution in [-0.4, -0.2) is 17.9 Å². The summed E-state index contributed by atoms with van der Waals surface area (Å²) in [4.78, 5) is 23.5. The van der Waals surface area contributed by atoms with Crippen LogP contribution in [-0.2, 0) is 16.1 Å². The van der Waals surface area contributed by atoms with Crippen molar-refractivity contribution in [3.05, 3.63) is 29.8 Å². The number of nitrogens with two attached hydrogens (primary N) is 1. The summed E-state index contributed by atoms with van der Waals surface area (Å²) < 4.78 is 0. The Bertz CT molecular complexity index is 510. The van der Waals surface area contributed by atoms with E-state index in [0.29, 0.717) is 13.0 Å². The number of hydrogen-bond donors (Lipinski definition) is 3. The Balaban J connectivity index is 1.85. The van der Waals surface area contributed by atoms with E-state index in [4.69, 9.17) is 5.73 Å². The molecule has 0 radical (unpaired) electrons. The Labute approximate surface area is 125 Å². The van der Waals surface area contributed by atoms with Crippen LogP contribution in [0.15, 0.2) is 24.3 Å². The standard InChI is InChI=1S/C16H23N3O2/c1-11(17)8-15(20)18-10-12-4-2-7-14(9-12)19-16(21)13-5-3-6-13/h2,4,7,9,11,13H,3,5-6,8,10,17H2,1H3,(H,18,20)(H,19,21). The fraction of sp³-hybridized carbons (Fsp3) is 0.500. The number of carbonyl (C=O) groups excluding carboxylic acids is 2. The fourth-order valence-corrected chi connectivity index (χ4v) is 2.24. The first kappa shape index (κ1) is 15.5. The number of nitrogens with one attached hydrogen (secondary N) is 2. The third kappa shape index (κ3) is 4.86. The Morgan fingerprint density at radius 1 is 1.38 bits per heavy atom. The minimum absolute atomic E-state index is 0.0612. The molecule has 1 aromatic rings. The van der Waals surface area contributed by atoms with Crippen molar-refractivity contribution >= 4 is 17.5 Å². The van der Waals surface area contributed by atoms with Crippen molar-refractivity contribution in [2.45, 2.75) is 45.2 Å². The van der Waals surface area contributed by atoms with Gasteiger partial charge in [-0.05, 0) is 37.5 Å². The molecule has 0 aromatic heterocycles. The second-order valence-electron chi connectivity index (χ2n) is 5.78. The second kappa shape index (κ2) is 7.22. The summed E-state index contributed by atoms with van der Waals surface area (Å²) in [6.07, 6.45) is 3.43. The van der Waals surface area contributed by atoms with Gasteiger partial charge in [0.25, 0.3) is 0 Å². The van der Waals surface area contributed by atoms with Gasteiger partial charge in [0.1, 0.15) is 0 Å². The van der Waals surface area contributed by atoms with Crippen LogP contribution in [0.3, 0.4) is 0 Å². The predicted molar refractivity (Wildman–Crippen MR) is 82.5 cm³/mol. The van der Waals surface area contributed by atoms with E-state index in [9.17, 15) is 9.59 Å². The van der Waals surface area contributed by atoms with Crippen molar-refractivity contribution in [1.82, 2.24) is 5.32 Å². The van der Waals surface area contributed by atoms with E-state index in [2.05, 4.69) is 10.6 Å². The molecule has 0 saturated heterocycles. The second-order valence-corrected chi connectivity index (χ2v) is 5.78. The molecule has 0 heterocycles. The Morgan fingerprint density at radius 3 is 2.76 bits per heavy atom. The van der Waals surface area contributed by atoms with E-state index < -0.39 is 0 Å². The van der Waals surface area contributed by atoms with Gasteiger partial charge < -0.3 is 16.4 Å². The maximum atomic E-state index is 11.9. The van der Waals surface area contributed by atoms with Crippen LogP contribution in [0.5, 0.6) is 0 Å². The van der Waals surface area contributed by atoms with Gasteiger partial charge in [-0.1, -0.05) is 18.6 Å². The maximum absolute atomic E-state index is 11.9. The van der Waals surface area contributed by atoms with Gasteiger partial charge in [-0.2, -0.15) is 0 Å². The highest BCUT2D eigenvalue weighted by Crippen LogP contribution is 2.27. The number of carbonyl (C=O) groups is 2. The molecule has 1 aliphatic rings. The Hall–Kier alpha value is -1.88. The van der Waals surface area contributed by atoms with Crippen molar-refractivity contribution in [2.75, 3.05) is 5.32 Å². The predicted octanol–water partition coefficient (Wildman–Crippen LogP) is 1.78. The Morgan fingerprint density at radius 2 is 2.14 bits per heavy atom. The molecule has 1 atom stereocenters. The molecule has 4 N–H and O–H groups in total. The van der Waals surface area contributed by atoms with Gasteiger partial charge in [-0.15, -0.1) is 0 Å². The lowest BCUT2D eigenvalue weighted by molar-refractivity contribution is -0.122. The molecule has 0 aliphatic heterocycles. The lowest BCUT2D eigenvalue weighted by Gasteiger charge is -2.24. The molecule has 1 fully saturated rings. The molecule has 114 valence electrons. The summed E-state index contributed by atoms with van der Waals surface area (Å²) in [5.41, 5.74) is 7.32. The quantitative estimate of drug-likeness (QED) is 0.746. The fourth-order valence-electron chi connectivity index (χ4n) is 2.24. The third-order valence-electron chi connectivity index (χ3n) is 3.67. The summed E-state index contributed by atoms with van der Waals surface area (Å²) in [5.74, 6) is 0.202. The topological polar surface area (TPSA) is 84.2 Å². The van der Waals surface area contributed by atoms with Crippen molar-refractivity contribution in [3.8, 4) is 0 Å². The number of benzene rings is 1. The molecule has 1 unspecified atom stereocenters. The number of rotatable bonds is 6. The van der Waals surface area contributed by atoms with Gasteiger partial charge in [-0.25, -0.2) is 0 Å². The van der Waals surface area contributed by atoms with Crippen LogP contribution in [0.4, 0.5) is 5.69 Å². The minimum Gasteiger partial charge on any atom is -0.352 e. The molecule has 0 bridgehead atoms. The van der Waals surface area contributed by atoms with Crippen LogP contribution < -0.4 is 16.4 Å². The van der Waals surface area contributed by atoms with Crippen LogP contribution in [0, 0.1) is 5.92 Å². The monoisotopic (exact) mass is 289 g/mol. The van der Waals surface area contributed by atoms with Gasteiger partial charge in [0.2, 0.25) is 11.8 Å². The molecule has 5 nitrogen and oxygen atoms in total. The molecule has 21 heavy (non-hydrogen) atoms. The average molecular weight is 289 g/mol. The molecule has 1 saturated carbocycles. The smallest absolute Gasteiger partial charge is 0.227 e. The first-order valence-corrected chi connectivity index (χ1v) is 7.46. The lowest BCUT2D eigenvalue weighted by Crippen LogP contribution is -2.29. The zero-order valence-electron chi connectivity index (χ0n) is 12.4. The zero-order valence-corrected chi connectivity index (χ0v) is 12.4. The SMILES string of the molecule is CC(N)CC(=O)NCc1cccc(NC(=O)C2CCC2)c1. The number of amides is 2. The van der Waals surface area contributed by atoms with Crippen molar-refractivity contribution in [1.29, 1.82) is 0 Å². The van der Waals surface area contributed by atoms with Crippen LogP contribution >= 0.6 is 0 Å². The summed E-state index contributed by atoms with van der Waals surface area (Å²) in [5, 5.41) is 5.76. The van der Waals surface area contributed by atoms with Crippen LogP contribution in [0.25, 0.3) is 0 Å². The van der Waals surface area contributed by atoms with E-state index in [-0.39, 0.29) is 23.8 Å². The van der Waals surface area contributed by atoms with Crippen LogP contribution in [0.1, 0.15) is 38.2 Å². The molecular formula is C16H23N3O2. The molecule has 1 aliphatic carbocycles.